The topological polar surface area (TPSA) is 110 Å². The van der Waals surface area contributed by atoms with Gasteiger partial charge in [-0.3, -0.25) is 9.97 Å². The van der Waals surface area contributed by atoms with Crippen LogP contribution in [0.2, 0.25) is 5.02 Å². The van der Waals surface area contributed by atoms with E-state index in [1.165, 1.54) is 13.3 Å². The third kappa shape index (κ3) is 5.63. The number of nitrogens with zero attached hydrogens (tertiary/aromatic N) is 4. The molecular formula is C33H32ClN5O4. The number of anilines is 2. The van der Waals surface area contributed by atoms with Gasteiger partial charge in [0.2, 0.25) is 0 Å². The first-order valence-corrected chi connectivity index (χ1v) is 14.7. The van der Waals surface area contributed by atoms with Crippen LogP contribution >= 0.6 is 11.6 Å². The molecule has 2 aromatic heterocycles. The Morgan fingerprint density at radius 2 is 1.95 bits per heavy atom. The Bertz CT molecular complexity index is 1730. The summed E-state index contributed by atoms with van der Waals surface area (Å²) in [7, 11) is 1.51. The number of carbonyl (C=O) groups excluding carboxylic acids is 1. The monoisotopic (exact) mass is 597 g/mol. The van der Waals surface area contributed by atoms with Gasteiger partial charge in [-0.1, -0.05) is 17.7 Å². The molecule has 1 N–H and O–H groups in total. The first kappa shape index (κ1) is 28.6. The number of piperidine rings is 2. The van der Waals surface area contributed by atoms with E-state index in [1.807, 2.05) is 24.0 Å². The maximum atomic E-state index is 13.3. The molecule has 2 saturated heterocycles. The van der Waals surface area contributed by atoms with Gasteiger partial charge in [-0.05, 0) is 75.3 Å². The van der Waals surface area contributed by atoms with Crippen LogP contribution in [0.4, 0.5) is 16.2 Å². The van der Waals surface area contributed by atoms with Crippen molar-refractivity contribution in [2.45, 2.75) is 58.2 Å². The number of aromatic nitrogens is 2. The second kappa shape index (κ2) is 12.0. The van der Waals surface area contributed by atoms with Crippen molar-refractivity contribution in [1.29, 1.82) is 5.26 Å². The molecule has 2 bridgehead atoms. The highest BCUT2D eigenvalue weighted by Crippen LogP contribution is 2.42. The predicted octanol–water partition coefficient (Wildman–Crippen LogP) is 7.56. The van der Waals surface area contributed by atoms with Gasteiger partial charge in [-0.15, -0.1) is 0 Å². The molecule has 4 aromatic rings. The lowest BCUT2D eigenvalue weighted by atomic mass is 9.75. The van der Waals surface area contributed by atoms with E-state index < -0.39 is 0 Å². The van der Waals surface area contributed by atoms with E-state index in [4.69, 9.17) is 25.8 Å². The van der Waals surface area contributed by atoms with Crippen LogP contribution in [0.25, 0.3) is 10.9 Å². The van der Waals surface area contributed by atoms with E-state index in [9.17, 15) is 10.1 Å². The lowest BCUT2D eigenvalue weighted by molar-refractivity contribution is 0.0105. The summed E-state index contributed by atoms with van der Waals surface area (Å²) in [6.07, 6.45) is 7.16. The summed E-state index contributed by atoms with van der Waals surface area (Å²) in [4.78, 5) is 24.1. The predicted molar refractivity (Wildman–Crippen MR) is 164 cm³/mol. The standard InChI is InChI=1S/C33H32ClN5O4/c1-19-5-4-12-36-29(19)18-42-24-10-11-27(26(34)13-24)38-32-22(16-35)17-37-28-15-31(30(41-3)14-25(28)32)43-33(40)39-20(2)21-6-8-23(39)9-7-21/h4-5,10-15,17,20-21,23H,6-9,18H2,1-3H3,(H,37,38). The lowest BCUT2D eigenvalue weighted by Gasteiger charge is -2.49. The number of nitriles is 1. The zero-order valence-corrected chi connectivity index (χ0v) is 25.0. The number of methoxy groups -OCH3 is 1. The SMILES string of the molecule is COc1cc2c(Nc3ccc(OCc4ncccc4C)cc3Cl)c(C#N)cnc2cc1OC(=O)N1C2CCC(CC2)C1C. The molecular weight excluding hydrogens is 566 g/mol. The second-order valence-corrected chi connectivity index (χ2v) is 11.5. The molecule has 1 saturated carbocycles. The van der Waals surface area contributed by atoms with Gasteiger partial charge in [-0.2, -0.15) is 5.26 Å². The highest BCUT2D eigenvalue weighted by atomic mass is 35.5. The minimum atomic E-state index is -0.376. The number of aryl methyl sites for hydroxylation is 1. The van der Waals surface area contributed by atoms with Crippen molar-refractivity contribution in [2.24, 2.45) is 5.92 Å². The van der Waals surface area contributed by atoms with Crippen LogP contribution in [-0.2, 0) is 6.61 Å². The van der Waals surface area contributed by atoms with Crippen molar-refractivity contribution in [1.82, 2.24) is 14.9 Å². The fraction of sp³-hybridized carbons (Fsp3) is 0.333. The van der Waals surface area contributed by atoms with Crippen LogP contribution in [0.1, 0.15) is 49.4 Å². The third-order valence-electron chi connectivity index (χ3n) is 8.63. The van der Waals surface area contributed by atoms with Crippen LogP contribution in [0.3, 0.4) is 0 Å². The molecule has 2 aliphatic heterocycles. The molecule has 1 aliphatic carbocycles. The highest BCUT2D eigenvalue weighted by Gasteiger charge is 2.42. The van der Waals surface area contributed by atoms with Gasteiger partial charge in [0.1, 0.15) is 18.4 Å². The Morgan fingerprint density at radius 3 is 2.65 bits per heavy atom. The van der Waals surface area contributed by atoms with E-state index in [1.54, 1.807) is 36.5 Å². The van der Waals surface area contributed by atoms with E-state index in [0.29, 0.717) is 56.9 Å². The first-order chi connectivity index (χ1) is 20.9. The van der Waals surface area contributed by atoms with Gasteiger partial charge in [0, 0.05) is 42.0 Å². The Morgan fingerprint density at radius 1 is 1.14 bits per heavy atom. The van der Waals surface area contributed by atoms with Gasteiger partial charge >= 0.3 is 6.09 Å². The molecule has 220 valence electrons. The number of ether oxygens (including phenoxy) is 3. The molecule has 1 amide bonds. The quantitative estimate of drug-likeness (QED) is 0.232. The molecule has 2 aromatic carbocycles. The Balaban J connectivity index is 1.26. The average molecular weight is 598 g/mol. The Labute approximate surface area is 255 Å². The molecule has 1 atom stereocenters. The summed E-state index contributed by atoms with van der Waals surface area (Å²) >= 11 is 6.65. The summed E-state index contributed by atoms with van der Waals surface area (Å²) in [6.45, 7) is 4.40. The molecule has 7 rings (SSSR count). The molecule has 43 heavy (non-hydrogen) atoms. The smallest absolute Gasteiger partial charge is 0.415 e. The number of halogens is 1. The van der Waals surface area contributed by atoms with Crippen LogP contribution in [0.15, 0.2) is 54.9 Å². The summed E-state index contributed by atoms with van der Waals surface area (Å²) in [5.41, 5.74) is 3.82. The Kier molecular flexibility index (Phi) is 7.96. The summed E-state index contributed by atoms with van der Waals surface area (Å²) < 4.78 is 17.5. The molecule has 4 heterocycles. The van der Waals surface area contributed by atoms with Gasteiger partial charge < -0.3 is 24.4 Å². The average Bonchev–Trinajstić information content (AvgIpc) is 3.02. The lowest BCUT2D eigenvalue weighted by Crippen LogP contribution is -2.57. The van der Waals surface area contributed by atoms with E-state index in [0.717, 1.165) is 36.9 Å². The molecule has 10 heteroatoms. The van der Waals surface area contributed by atoms with Crippen molar-refractivity contribution in [3.8, 4) is 23.3 Å². The van der Waals surface area contributed by atoms with Gasteiger partial charge in [0.15, 0.2) is 11.5 Å². The molecule has 9 nitrogen and oxygen atoms in total. The summed E-state index contributed by atoms with van der Waals surface area (Å²) in [5, 5.41) is 14.2. The van der Waals surface area contributed by atoms with Crippen LogP contribution in [0.5, 0.6) is 17.2 Å². The fourth-order valence-electron chi connectivity index (χ4n) is 6.19. The number of pyridine rings is 2. The van der Waals surface area contributed by atoms with Gasteiger partial charge in [-0.25, -0.2) is 4.79 Å². The second-order valence-electron chi connectivity index (χ2n) is 11.1. The molecule has 0 radical (unpaired) electrons. The number of nitrogens with one attached hydrogen (secondary N) is 1. The van der Waals surface area contributed by atoms with Crippen molar-refractivity contribution < 1.29 is 19.0 Å². The van der Waals surface area contributed by atoms with Crippen LogP contribution in [-0.4, -0.2) is 40.2 Å². The van der Waals surface area contributed by atoms with Crippen molar-refractivity contribution in [3.05, 3.63) is 76.7 Å². The van der Waals surface area contributed by atoms with Gasteiger partial charge in [0.25, 0.3) is 0 Å². The van der Waals surface area contributed by atoms with Crippen LogP contribution < -0.4 is 19.5 Å². The van der Waals surface area contributed by atoms with Crippen molar-refractivity contribution >= 4 is 40.0 Å². The normalized spacial score (nSPS) is 19.1. The number of fused-ring (bicyclic) bond motifs is 4. The maximum Gasteiger partial charge on any atom is 0.415 e. The number of hydrogen-bond donors (Lipinski definition) is 1. The molecule has 3 fully saturated rings. The summed E-state index contributed by atoms with van der Waals surface area (Å²) in [6, 6.07) is 15.1. The van der Waals surface area contributed by atoms with E-state index in [-0.39, 0.29) is 23.9 Å². The fourth-order valence-corrected chi connectivity index (χ4v) is 6.40. The third-order valence-corrected chi connectivity index (χ3v) is 8.94. The van der Waals surface area contributed by atoms with Crippen molar-refractivity contribution in [3.63, 3.8) is 0 Å². The Hall–Kier alpha value is -4.55. The number of rotatable bonds is 7. The first-order valence-electron chi connectivity index (χ1n) is 14.4. The minimum absolute atomic E-state index is 0.138. The zero-order chi connectivity index (χ0) is 30.1. The number of amides is 1. The largest absolute Gasteiger partial charge is 0.493 e. The minimum Gasteiger partial charge on any atom is -0.493 e. The molecule has 3 aliphatic rings. The summed E-state index contributed by atoms with van der Waals surface area (Å²) in [5.74, 6) is 1.73. The highest BCUT2D eigenvalue weighted by molar-refractivity contribution is 6.33. The number of hydrogen-bond acceptors (Lipinski definition) is 8. The molecule has 1 unspecified atom stereocenters. The number of carbonyl (C=O) groups is 1. The van der Waals surface area contributed by atoms with Gasteiger partial charge in [0.05, 0.1) is 40.3 Å². The van der Waals surface area contributed by atoms with E-state index in [2.05, 4.69) is 28.3 Å². The molecule has 0 spiro atoms. The number of benzene rings is 2. The zero-order valence-electron chi connectivity index (χ0n) is 24.3. The maximum absolute atomic E-state index is 13.3. The van der Waals surface area contributed by atoms with Crippen LogP contribution in [0, 0.1) is 24.2 Å². The van der Waals surface area contributed by atoms with E-state index >= 15 is 0 Å². The van der Waals surface area contributed by atoms with Crippen molar-refractivity contribution in [2.75, 3.05) is 12.4 Å².